The minimum Gasteiger partial charge on any atom is -0.489 e. The maximum atomic E-state index is 10.7. The summed E-state index contributed by atoms with van der Waals surface area (Å²) in [6.07, 6.45) is 3.39. The van der Waals surface area contributed by atoms with Crippen molar-refractivity contribution in [2.75, 3.05) is 39.5 Å². The molecule has 8 heteroatoms. The number of ether oxygens (including phenoxy) is 3. The van der Waals surface area contributed by atoms with Crippen molar-refractivity contribution in [3.63, 3.8) is 0 Å². The van der Waals surface area contributed by atoms with E-state index >= 15 is 0 Å². The van der Waals surface area contributed by atoms with Gasteiger partial charge in [0.25, 0.3) is 0 Å². The minimum absolute atomic E-state index is 0.182. The molecule has 0 bridgehead atoms. The number of nitrogens with zero attached hydrogens (tertiary/aromatic N) is 4. The molecule has 0 aliphatic carbocycles. The van der Waals surface area contributed by atoms with E-state index in [1.54, 1.807) is 16.7 Å². The summed E-state index contributed by atoms with van der Waals surface area (Å²) in [6.45, 7) is 16.6. The Bertz CT molecular complexity index is 1180. The van der Waals surface area contributed by atoms with Crippen molar-refractivity contribution in [2.24, 2.45) is 0 Å². The van der Waals surface area contributed by atoms with E-state index in [0.717, 1.165) is 49.8 Å². The second-order valence-electron chi connectivity index (χ2n) is 8.95. The van der Waals surface area contributed by atoms with Crippen molar-refractivity contribution in [3.05, 3.63) is 72.8 Å². The molecule has 1 N–H and O–H groups in total. The number of aromatic nitrogens is 3. The highest BCUT2D eigenvalue weighted by Crippen LogP contribution is 2.40. The lowest BCUT2D eigenvalue weighted by Gasteiger charge is -2.26. The van der Waals surface area contributed by atoms with Crippen LogP contribution in [0.5, 0.6) is 17.5 Å². The predicted molar refractivity (Wildman–Crippen MR) is 140 cm³/mol. The smallest absolute Gasteiger partial charge is 0.319 e. The van der Waals surface area contributed by atoms with Crippen molar-refractivity contribution in [2.45, 2.75) is 26.3 Å². The Hall–Kier alpha value is -3.62. The normalized spacial score (nSPS) is 14.1. The molecule has 0 atom stereocenters. The quantitative estimate of drug-likeness (QED) is 0.389. The van der Waals surface area contributed by atoms with Crippen LogP contribution in [0.1, 0.15) is 30.9 Å². The average molecular weight is 491 g/mol. The van der Waals surface area contributed by atoms with Gasteiger partial charge in [0.1, 0.15) is 24.7 Å². The van der Waals surface area contributed by atoms with Crippen molar-refractivity contribution < 1.29 is 19.3 Å². The molecule has 1 fully saturated rings. The molecule has 1 saturated heterocycles. The number of aromatic hydroxyl groups is 1. The number of hydrogen-bond donors (Lipinski definition) is 1. The molecule has 190 valence electrons. The summed E-state index contributed by atoms with van der Waals surface area (Å²) in [5.41, 5.74) is 3.64. The zero-order valence-corrected chi connectivity index (χ0v) is 21.0. The third-order valence-electron chi connectivity index (χ3n) is 6.04. The predicted octanol–water partition coefficient (Wildman–Crippen LogP) is 4.73. The van der Waals surface area contributed by atoms with E-state index in [2.05, 4.69) is 54.2 Å². The lowest BCUT2D eigenvalue weighted by molar-refractivity contribution is 0.0342. The highest BCUT2D eigenvalue weighted by Gasteiger charge is 2.22. The Morgan fingerprint density at radius 1 is 1.00 bits per heavy atom. The third kappa shape index (κ3) is 5.78. The van der Waals surface area contributed by atoms with Crippen LogP contribution in [0.2, 0.25) is 0 Å². The molecule has 2 heterocycles. The Balaban J connectivity index is 1.72. The van der Waals surface area contributed by atoms with Gasteiger partial charge in [-0.05, 0) is 35.2 Å². The number of morpholine rings is 1. The molecule has 36 heavy (non-hydrogen) atoms. The number of hydrogen-bond acceptors (Lipinski definition) is 7. The molecular weight excluding hydrogens is 456 g/mol. The van der Waals surface area contributed by atoms with E-state index in [4.69, 9.17) is 14.2 Å². The fourth-order valence-corrected chi connectivity index (χ4v) is 4.20. The van der Waals surface area contributed by atoms with Gasteiger partial charge in [0.2, 0.25) is 0 Å². The Kier molecular flexibility index (Phi) is 8.40. The van der Waals surface area contributed by atoms with Gasteiger partial charge in [-0.1, -0.05) is 56.4 Å². The first kappa shape index (κ1) is 25.5. The maximum absolute atomic E-state index is 10.7. The molecule has 0 radical (unpaired) electrons. The van der Waals surface area contributed by atoms with E-state index in [9.17, 15) is 5.11 Å². The van der Waals surface area contributed by atoms with Gasteiger partial charge < -0.3 is 19.3 Å². The van der Waals surface area contributed by atoms with Crippen LogP contribution in [-0.2, 0) is 11.3 Å². The van der Waals surface area contributed by atoms with Gasteiger partial charge in [0.05, 0.1) is 24.5 Å². The molecule has 1 aliphatic rings. The van der Waals surface area contributed by atoms with E-state index in [1.807, 2.05) is 24.3 Å². The topological polar surface area (TPSA) is 81.9 Å². The first-order valence-corrected chi connectivity index (χ1v) is 12.2. The summed E-state index contributed by atoms with van der Waals surface area (Å²) in [5.74, 6) is 1.94. The summed E-state index contributed by atoms with van der Waals surface area (Å²) in [4.78, 5) is 2.37. The van der Waals surface area contributed by atoms with Crippen LogP contribution in [0.25, 0.3) is 17.1 Å². The zero-order chi connectivity index (χ0) is 25.5. The van der Waals surface area contributed by atoms with E-state index in [0.29, 0.717) is 30.4 Å². The molecule has 4 rings (SSSR count). The molecule has 1 aliphatic heterocycles. The highest BCUT2D eigenvalue weighted by atomic mass is 16.5. The largest absolute Gasteiger partial charge is 0.489 e. The summed E-state index contributed by atoms with van der Waals surface area (Å²) >= 11 is 0. The second kappa shape index (κ2) is 11.9. The zero-order valence-electron chi connectivity index (χ0n) is 21.0. The molecule has 0 amide bonds. The first-order valence-electron chi connectivity index (χ1n) is 12.2. The van der Waals surface area contributed by atoms with E-state index < -0.39 is 0 Å². The maximum Gasteiger partial charge on any atom is 0.319 e. The van der Waals surface area contributed by atoms with Gasteiger partial charge in [0, 0.05) is 25.7 Å². The van der Waals surface area contributed by atoms with Crippen LogP contribution in [-0.4, -0.2) is 64.3 Å². The Labute approximate surface area is 212 Å². The lowest BCUT2D eigenvalue weighted by atomic mass is 9.98. The van der Waals surface area contributed by atoms with Crippen LogP contribution in [0, 0.1) is 0 Å². The molecule has 8 nitrogen and oxygen atoms in total. The summed E-state index contributed by atoms with van der Waals surface area (Å²) in [6, 6.07) is 11.7. The third-order valence-corrected chi connectivity index (χ3v) is 6.04. The van der Waals surface area contributed by atoms with E-state index in [1.165, 1.54) is 5.56 Å². The Morgan fingerprint density at radius 3 is 2.31 bits per heavy atom. The van der Waals surface area contributed by atoms with Gasteiger partial charge in [-0.2, -0.15) is 0 Å². The van der Waals surface area contributed by atoms with Gasteiger partial charge in [-0.3, -0.25) is 4.90 Å². The van der Waals surface area contributed by atoms with Crippen LogP contribution in [0.4, 0.5) is 0 Å². The SMILES string of the molecule is C=CCOc1cc(OCC=C)c(C(C)C)cc1-c1nnc(O)n1-c1ccc(CN2CCOCC2)cc1. The molecule has 0 unspecified atom stereocenters. The Morgan fingerprint density at radius 2 is 1.67 bits per heavy atom. The van der Waals surface area contributed by atoms with Crippen molar-refractivity contribution in [3.8, 4) is 34.6 Å². The fraction of sp³-hybridized carbons (Fsp3) is 0.357. The van der Waals surface area contributed by atoms with Crippen LogP contribution < -0.4 is 9.47 Å². The molecule has 1 aromatic heterocycles. The van der Waals surface area contributed by atoms with Gasteiger partial charge >= 0.3 is 6.01 Å². The molecule has 3 aromatic rings. The average Bonchev–Trinajstić information content (AvgIpc) is 3.27. The number of benzene rings is 2. The minimum atomic E-state index is -0.196. The van der Waals surface area contributed by atoms with Crippen LogP contribution in [0.3, 0.4) is 0 Å². The highest BCUT2D eigenvalue weighted by molar-refractivity contribution is 5.70. The van der Waals surface area contributed by atoms with Crippen molar-refractivity contribution in [1.82, 2.24) is 19.7 Å². The summed E-state index contributed by atoms with van der Waals surface area (Å²) in [7, 11) is 0. The monoisotopic (exact) mass is 490 g/mol. The molecule has 0 spiro atoms. The van der Waals surface area contributed by atoms with Crippen molar-refractivity contribution >= 4 is 0 Å². The van der Waals surface area contributed by atoms with Gasteiger partial charge in [-0.15, -0.1) is 5.10 Å². The second-order valence-corrected chi connectivity index (χ2v) is 8.95. The van der Waals surface area contributed by atoms with Gasteiger partial charge in [-0.25, -0.2) is 4.57 Å². The first-order chi connectivity index (χ1) is 17.5. The fourth-order valence-electron chi connectivity index (χ4n) is 4.20. The van der Waals surface area contributed by atoms with Crippen molar-refractivity contribution in [1.29, 1.82) is 0 Å². The molecule has 0 saturated carbocycles. The lowest BCUT2D eigenvalue weighted by Crippen LogP contribution is -2.35. The number of rotatable bonds is 11. The standard InChI is InChI=1S/C28H34N4O4/c1-5-13-35-25-18-26(36-14-6-2)24(17-23(25)20(3)4)27-29-30-28(33)32(27)22-9-7-21(8-10-22)19-31-11-15-34-16-12-31/h5-10,17-18,20H,1-2,11-16,19H2,3-4H3,(H,30,33). The molecule has 2 aromatic carbocycles. The summed E-state index contributed by atoms with van der Waals surface area (Å²) < 4.78 is 19.0. The summed E-state index contributed by atoms with van der Waals surface area (Å²) in [5, 5.41) is 19.0. The molecular formula is C28H34N4O4. The van der Waals surface area contributed by atoms with Gasteiger partial charge in [0.15, 0.2) is 5.82 Å². The van der Waals surface area contributed by atoms with Crippen LogP contribution >= 0.6 is 0 Å². The van der Waals surface area contributed by atoms with E-state index in [-0.39, 0.29) is 11.9 Å². The van der Waals surface area contributed by atoms with Crippen LogP contribution in [0.15, 0.2) is 61.7 Å².